The Hall–Kier alpha value is -1.34. The van der Waals surface area contributed by atoms with Gasteiger partial charge in [-0.1, -0.05) is 12.1 Å². The molecule has 0 aliphatic heterocycles. The maximum absolute atomic E-state index is 13.2. The molecule has 96 valence electrons. The molecule has 0 radical (unpaired) electrons. The van der Waals surface area contributed by atoms with Crippen LogP contribution in [-0.4, -0.2) is 24.0 Å². The molecule has 1 rings (SSSR count). The summed E-state index contributed by atoms with van der Waals surface area (Å²) in [6.07, 6.45) is -7.46. The lowest BCUT2D eigenvalue weighted by Gasteiger charge is -2.17. The highest BCUT2D eigenvalue weighted by Crippen LogP contribution is 2.25. The molecule has 3 nitrogen and oxygen atoms in total. The standard InChI is InChI=1S/C10H11F4NO2/c11-7-3-1-2-6(4-15)9(7)17-5-8(16)10(12,13)14/h1-3,8,16H,4-5,15H2. The molecule has 0 aliphatic rings. The summed E-state index contributed by atoms with van der Waals surface area (Å²) < 4.78 is 53.8. The molecule has 0 saturated carbocycles. The minimum atomic E-state index is -4.80. The van der Waals surface area contributed by atoms with E-state index >= 15 is 0 Å². The normalized spacial score (nSPS) is 13.5. The number of aliphatic hydroxyl groups is 1. The van der Waals surface area contributed by atoms with Crippen molar-refractivity contribution in [1.29, 1.82) is 0 Å². The number of nitrogens with two attached hydrogens (primary N) is 1. The molecule has 1 aromatic rings. The molecule has 1 atom stereocenters. The first kappa shape index (κ1) is 13.7. The first-order valence-electron chi connectivity index (χ1n) is 4.71. The van der Waals surface area contributed by atoms with Crippen LogP contribution in [-0.2, 0) is 6.54 Å². The van der Waals surface area contributed by atoms with Crippen molar-refractivity contribution in [2.45, 2.75) is 18.8 Å². The third-order valence-electron chi connectivity index (χ3n) is 2.03. The van der Waals surface area contributed by atoms with Crippen molar-refractivity contribution in [3.8, 4) is 5.75 Å². The van der Waals surface area contributed by atoms with Crippen LogP contribution in [0.15, 0.2) is 18.2 Å². The zero-order valence-electron chi connectivity index (χ0n) is 8.67. The van der Waals surface area contributed by atoms with E-state index in [1.165, 1.54) is 12.1 Å². The van der Waals surface area contributed by atoms with Crippen LogP contribution in [0.4, 0.5) is 17.6 Å². The molecule has 3 N–H and O–H groups in total. The fraction of sp³-hybridized carbons (Fsp3) is 0.400. The molecule has 0 aromatic heterocycles. The average molecular weight is 253 g/mol. The summed E-state index contributed by atoms with van der Waals surface area (Å²) in [6, 6.07) is 3.83. The minimum Gasteiger partial charge on any atom is -0.487 e. The second-order valence-electron chi connectivity index (χ2n) is 3.30. The van der Waals surface area contributed by atoms with Crippen LogP contribution in [0.25, 0.3) is 0 Å². The van der Waals surface area contributed by atoms with Gasteiger partial charge < -0.3 is 15.6 Å². The molecule has 0 saturated heterocycles. The lowest BCUT2D eigenvalue weighted by Crippen LogP contribution is -2.34. The third-order valence-corrected chi connectivity index (χ3v) is 2.03. The molecular formula is C10H11F4NO2. The number of alkyl halides is 3. The Balaban J connectivity index is 2.76. The first-order valence-corrected chi connectivity index (χ1v) is 4.71. The fourth-order valence-corrected chi connectivity index (χ4v) is 1.13. The van der Waals surface area contributed by atoms with Gasteiger partial charge in [0, 0.05) is 12.1 Å². The first-order chi connectivity index (χ1) is 7.86. The predicted octanol–water partition coefficient (Wildman–Crippen LogP) is 1.59. The van der Waals surface area contributed by atoms with Crippen LogP contribution in [0.5, 0.6) is 5.75 Å². The lowest BCUT2D eigenvalue weighted by molar-refractivity contribution is -0.210. The minimum absolute atomic E-state index is 0.0742. The average Bonchev–Trinajstić information content (AvgIpc) is 2.25. The van der Waals surface area contributed by atoms with Gasteiger partial charge in [-0.05, 0) is 6.07 Å². The molecule has 0 fully saturated rings. The summed E-state index contributed by atoms with van der Waals surface area (Å²) >= 11 is 0. The van der Waals surface area contributed by atoms with Crippen LogP contribution in [0, 0.1) is 5.82 Å². The number of hydrogen-bond acceptors (Lipinski definition) is 3. The second kappa shape index (κ2) is 5.33. The predicted molar refractivity (Wildman–Crippen MR) is 51.8 cm³/mol. The molecule has 1 unspecified atom stereocenters. The Bertz CT molecular complexity index is 381. The van der Waals surface area contributed by atoms with E-state index in [-0.39, 0.29) is 17.9 Å². The van der Waals surface area contributed by atoms with Gasteiger partial charge in [0.25, 0.3) is 0 Å². The molecule has 0 amide bonds. The monoisotopic (exact) mass is 253 g/mol. The van der Waals surface area contributed by atoms with Gasteiger partial charge in [-0.3, -0.25) is 0 Å². The molecule has 0 heterocycles. The van der Waals surface area contributed by atoms with E-state index in [9.17, 15) is 17.6 Å². The van der Waals surface area contributed by atoms with Crippen LogP contribution >= 0.6 is 0 Å². The van der Waals surface area contributed by atoms with Gasteiger partial charge >= 0.3 is 6.18 Å². The molecule has 1 aromatic carbocycles. The van der Waals surface area contributed by atoms with Crippen molar-refractivity contribution in [2.75, 3.05) is 6.61 Å². The van der Waals surface area contributed by atoms with E-state index in [2.05, 4.69) is 4.74 Å². The SMILES string of the molecule is NCc1cccc(F)c1OCC(O)C(F)(F)F. The van der Waals surface area contributed by atoms with Gasteiger partial charge in [-0.15, -0.1) is 0 Å². The number of ether oxygens (including phenoxy) is 1. The van der Waals surface area contributed by atoms with Crippen LogP contribution in [0.1, 0.15) is 5.56 Å². The van der Waals surface area contributed by atoms with Gasteiger partial charge in [0.05, 0.1) is 0 Å². The maximum Gasteiger partial charge on any atom is 0.417 e. The Kier molecular flexibility index (Phi) is 4.30. The Morgan fingerprint density at radius 3 is 2.53 bits per heavy atom. The quantitative estimate of drug-likeness (QED) is 0.801. The van der Waals surface area contributed by atoms with Gasteiger partial charge in [0.15, 0.2) is 17.7 Å². The molecule has 17 heavy (non-hydrogen) atoms. The lowest BCUT2D eigenvalue weighted by atomic mass is 10.2. The van der Waals surface area contributed by atoms with Crippen molar-refractivity contribution < 1.29 is 27.4 Å². The van der Waals surface area contributed by atoms with E-state index in [1.54, 1.807) is 0 Å². The van der Waals surface area contributed by atoms with Crippen molar-refractivity contribution >= 4 is 0 Å². The summed E-state index contributed by atoms with van der Waals surface area (Å²) in [5, 5.41) is 8.70. The molecule has 0 aliphatic carbocycles. The second-order valence-corrected chi connectivity index (χ2v) is 3.30. The van der Waals surface area contributed by atoms with E-state index in [0.29, 0.717) is 0 Å². The Labute approximate surface area is 94.8 Å². The smallest absolute Gasteiger partial charge is 0.417 e. The Morgan fingerprint density at radius 2 is 2.00 bits per heavy atom. The Morgan fingerprint density at radius 1 is 1.35 bits per heavy atom. The summed E-state index contributed by atoms with van der Waals surface area (Å²) in [7, 11) is 0. The van der Waals surface area contributed by atoms with Gasteiger partial charge in [0.2, 0.25) is 0 Å². The van der Waals surface area contributed by atoms with E-state index in [1.807, 2.05) is 0 Å². The number of aliphatic hydroxyl groups excluding tert-OH is 1. The van der Waals surface area contributed by atoms with Crippen LogP contribution in [0.3, 0.4) is 0 Å². The number of para-hydroxylation sites is 1. The molecule has 0 spiro atoms. The third kappa shape index (κ3) is 3.57. The number of halogens is 4. The number of rotatable bonds is 4. The number of hydrogen-bond donors (Lipinski definition) is 2. The van der Waals surface area contributed by atoms with Gasteiger partial charge in [-0.25, -0.2) is 4.39 Å². The summed E-state index contributed by atoms with van der Waals surface area (Å²) in [5.41, 5.74) is 5.52. The number of benzene rings is 1. The fourth-order valence-electron chi connectivity index (χ4n) is 1.13. The van der Waals surface area contributed by atoms with Crippen molar-refractivity contribution in [2.24, 2.45) is 5.73 Å². The highest BCUT2D eigenvalue weighted by molar-refractivity contribution is 5.34. The van der Waals surface area contributed by atoms with Crippen LogP contribution in [0.2, 0.25) is 0 Å². The maximum atomic E-state index is 13.2. The van der Waals surface area contributed by atoms with Gasteiger partial charge in [-0.2, -0.15) is 13.2 Å². The van der Waals surface area contributed by atoms with E-state index in [4.69, 9.17) is 10.8 Å². The van der Waals surface area contributed by atoms with Crippen LogP contribution < -0.4 is 10.5 Å². The largest absolute Gasteiger partial charge is 0.487 e. The van der Waals surface area contributed by atoms with E-state index in [0.717, 1.165) is 6.07 Å². The van der Waals surface area contributed by atoms with Crippen molar-refractivity contribution in [3.63, 3.8) is 0 Å². The van der Waals surface area contributed by atoms with Gasteiger partial charge in [0.1, 0.15) is 6.61 Å². The zero-order valence-corrected chi connectivity index (χ0v) is 8.67. The molecule has 7 heteroatoms. The summed E-state index contributed by atoms with van der Waals surface area (Å²) in [4.78, 5) is 0. The summed E-state index contributed by atoms with van der Waals surface area (Å²) in [5.74, 6) is -1.18. The summed E-state index contributed by atoms with van der Waals surface area (Å²) in [6.45, 7) is -1.15. The van der Waals surface area contributed by atoms with E-state index < -0.39 is 24.7 Å². The topological polar surface area (TPSA) is 55.5 Å². The molecular weight excluding hydrogens is 242 g/mol. The van der Waals surface area contributed by atoms with Crippen molar-refractivity contribution in [1.82, 2.24) is 0 Å². The zero-order chi connectivity index (χ0) is 13.1. The highest BCUT2D eigenvalue weighted by atomic mass is 19.4. The van der Waals surface area contributed by atoms with Crippen molar-refractivity contribution in [3.05, 3.63) is 29.6 Å². The molecule has 0 bridgehead atoms. The highest BCUT2D eigenvalue weighted by Gasteiger charge is 2.38.